The van der Waals surface area contributed by atoms with Crippen molar-refractivity contribution in [3.05, 3.63) is 107 Å². The number of carbonyl (C=O) groups excluding carboxylic acids is 2. The van der Waals surface area contributed by atoms with Crippen molar-refractivity contribution < 1.29 is 18.0 Å². The van der Waals surface area contributed by atoms with Crippen molar-refractivity contribution >= 4 is 38.9 Å². The molecule has 0 unspecified atom stereocenters. The molecule has 3 rings (SSSR count). The van der Waals surface area contributed by atoms with Gasteiger partial charge in [-0.3, -0.25) is 9.59 Å². The van der Waals surface area contributed by atoms with E-state index in [4.69, 9.17) is 11.6 Å². The van der Waals surface area contributed by atoms with E-state index in [1.165, 1.54) is 12.1 Å². The fourth-order valence-corrected chi connectivity index (χ4v) is 4.59. The molecule has 1 N–H and O–H groups in total. The first-order chi connectivity index (χ1) is 16.6. The molecule has 3 aromatic carbocycles. The smallest absolute Gasteiger partial charge is 0.254 e. The number of sulfone groups is 1. The summed E-state index contributed by atoms with van der Waals surface area (Å²) in [5.74, 6) is -0.414. The van der Waals surface area contributed by atoms with Gasteiger partial charge in [0, 0.05) is 23.3 Å². The zero-order valence-corrected chi connectivity index (χ0v) is 21.1. The lowest BCUT2D eigenvalue weighted by Gasteiger charge is -2.26. The Morgan fingerprint density at radius 2 is 1.60 bits per heavy atom. The number of amides is 2. The highest BCUT2D eigenvalue weighted by Gasteiger charge is 2.20. The summed E-state index contributed by atoms with van der Waals surface area (Å²) in [5.41, 5.74) is 2.62. The lowest BCUT2D eigenvalue weighted by molar-refractivity contribution is -0.115. The standard InChI is InChI=1S/C27H27ClN2O4S/c1-4-25(20-8-12-22(28)13-9-20)30(3)27(32)21-10-14-23(15-11-21)29-26(31)18-19-6-16-24(17-7-19)35(33,34)5-2/h4,6-17,25H,1,5,18H2,2-3H3,(H,29,31)/t25-/m1/s1. The van der Waals surface area contributed by atoms with Gasteiger partial charge in [0.15, 0.2) is 9.84 Å². The van der Waals surface area contributed by atoms with Gasteiger partial charge < -0.3 is 10.2 Å². The van der Waals surface area contributed by atoms with Crippen molar-refractivity contribution in [3.63, 3.8) is 0 Å². The number of rotatable bonds is 9. The van der Waals surface area contributed by atoms with Gasteiger partial charge in [0.25, 0.3) is 5.91 Å². The third kappa shape index (κ3) is 6.59. The summed E-state index contributed by atoms with van der Waals surface area (Å²) in [4.78, 5) is 27.3. The molecule has 3 aromatic rings. The molecule has 35 heavy (non-hydrogen) atoms. The molecule has 182 valence electrons. The van der Waals surface area contributed by atoms with Crippen LogP contribution in [-0.2, 0) is 21.1 Å². The molecule has 0 saturated carbocycles. The van der Waals surface area contributed by atoms with E-state index < -0.39 is 9.84 Å². The number of hydrogen-bond acceptors (Lipinski definition) is 4. The highest BCUT2D eigenvalue weighted by molar-refractivity contribution is 7.91. The lowest BCUT2D eigenvalue weighted by Crippen LogP contribution is -2.30. The molecule has 0 aliphatic rings. The first-order valence-electron chi connectivity index (χ1n) is 11.0. The minimum atomic E-state index is -3.28. The van der Waals surface area contributed by atoms with Gasteiger partial charge in [0.1, 0.15) is 0 Å². The van der Waals surface area contributed by atoms with E-state index in [1.54, 1.807) is 73.5 Å². The maximum atomic E-state index is 13.0. The Labute approximate surface area is 211 Å². The van der Waals surface area contributed by atoms with Gasteiger partial charge in [-0.05, 0) is 59.7 Å². The van der Waals surface area contributed by atoms with Crippen LogP contribution in [0.2, 0.25) is 5.02 Å². The van der Waals surface area contributed by atoms with Gasteiger partial charge in [-0.15, -0.1) is 6.58 Å². The zero-order chi connectivity index (χ0) is 25.6. The number of benzene rings is 3. The second-order valence-corrected chi connectivity index (χ2v) is 10.7. The summed E-state index contributed by atoms with van der Waals surface area (Å²) >= 11 is 5.96. The van der Waals surface area contributed by atoms with Crippen LogP contribution in [0.15, 0.2) is 90.3 Å². The molecule has 1 atom stereocenters. The normalized spacial score (nSPS) is 12.0. The van der Waals surface area contributed by atoms with Crippen LogP contribution in [0.1, 0.15) is 34.5 Å². The molecule has 6 nitrogen and oxygen atoms in total. The number of carbonyl (C=O) groups is 2. The molecule has 0 aliphatic heterocycles. The van der Waals surface area contributed by atoms with E-state index in [2.05, 4.69) is 11.9 Å². The van der Waals surface area contributed by atoms with Gasteiger partial charge in [-0.2, -0.15) is 0 Å². The fourth-order valence-electron chi connectivity index (χ4n) is 3.58. The zero-order valence-electron chi connectivity index (χ0n) is 19.6. The van der Waals surface area contributed by atoms with Crippen LogP contribution in [0.25, 0.3) is 0 Å². The summed E-state index contributed by atoms with van der Waals surface area (Å²) in [6.07, 6.45) is 1.79. The Morgan fingerprint density at radius 3 is 2.14 bits per heavy atom. The minimum Gasteiger partial charge on any atom is -0.331 e. The quantitative estimate of drug-likeness (QED) is 0.395. The number of likely N-dealkylation sites (N-methyl/N-ethyl adjacent to an activating group) is 1. The average molecular weight is 511 g/mol. The van der Waals surface area contributed by atoms with Gasteiger partial charge in [0.05, 0.1) is 23.1 Å². The van der Waals surface area contributed by atoms with Gasteiger partial charge in [-0.1, -0.05) is 48.9 Å². The molecule has 2 amide bonds. The number of hydrogen-bond donors (Lipinski definition) is 1. The lowest BCUT2D eigenvalue weighted by atomic mass is 10.0. The Kier molecular flexibility index (Phi) is 8.48. The van der Waals surface area contributed by atoms with Crippen LogP contribution in [0.5, 0.6) is 0 Å². The molecule has 0 spiro atoms. The molecule has 8 heteroatoms. The van der Waals surface area contributed by atoms with Crippen LogP contribution >= 0.6 is 11.6 Å². The maximum absolute atomic E-state index is 13.0. The number of nitrogens with one attached hydrogen (secondary N) is 1. The highest BCUT2D eigenvalue weighted by atomic mass is 35.5. The van der Waals surface area contributed by atoms with E-state index in [0.717, 1.165) is 5.56 Å². The fraction of sp³-hybridized carbons (Fsp3) is 0.185. The second kappa shape index (κ2) is 11.3. The molecule has 0 radical (unpaired) electrons. The van der Waals surface area contributed by atoms with E-state index in [1.807, 2.05) is 12.1 Å². The largest absolute Gasteiger partial charge is 0.331 e. The summed E-state index contributed by atoms with van der Waals surface area (Å²) < 4.78 is 23.8. The highest BCUT2D eigenvalue weighted by Crippen LogP contribution is 2.24. The predicted molar refractivity (Wildman–Crippen MR) is 139 cm³/mol. The van der Waals surface area contributed by atoms with Crippen molar-refractivity contribution in [2.24, 2.45) is 0 Å². The average Bonchev–Trinajstić information content (AvgIpc) is 2.86. The molecule has 0 heterocycles. The van der Waals surface area contributed by atoms with E-state index in [0.29, 0.717) is 21.8 Å². The SMILES string of the molecule is C=C[C@H](c1ccc(Cl)cc1)N(C)C(=O)c1ccc(NC(=O)Cc2ccc(S(=O)(=O)CC)cc2)cc1. The van der Waals surface area contributed by atoms with Crippen molar-refractivity contribution in [2.75, 3.05) is 18.1 Å². The van der Waals surface area contributed by atoms with Crippen LogP contribution in [0.4, 0.5) is 5.69 Å². The Morgan fingerprint density at radius 1 is 1.00 bits per heavy atom. The molecule has 0 aliphatic carbocycles. The first kappa shape index (κ1) is 26.2. The van der Waals surface area contributed by atoms with Crippen molar-refractivity contribution in [1.29, 1.82) is 0 Å². The summed E-state index contributed by atoms with van der Waals surface area (Å²) in [6, 6.07) is 19.9. The molecule has 0 saturated heterocycles. The van der Waals surface area contributed by atoms with E-state index in [9.17, 15) is 18.0 Å². The molecular weight excluding hydrogens is 484 g/mol. The van der Waals surface area contributed by atoms with Crippen LogP contribution in [0, 0.1) is 0 Å². The Hall–Kier alpha value is -3.42. The monoisotopic (exact) mass is 510 g/mol. The summed E-state index contributed by atoms with van der Waals surface area (Å²) in [5, 5.41) is 3.41. The van der Waals surface area contributed by atoms with Crippen LogP contribution in [-0.4, -0.2) is 37.9 Å². The van der Waals surface area contributed by atoms with Crippen molar-refractivity contribution in [3.8, 4) is 0 Å². The number of halogens is 1. The molecule has 0 bridgehead atoms. The van der Waals surface area contributed by atoms with Crippen molar-refractivity contribution in [2.45, 2.75) is 24.3 Å². The number of anilines is 1. The van der Waals surface area contributed by atoms with Gasteiger partial charge in [-0.25, -0.2) is 8.42 Å². The predicted octanol–water partition coefficient (Wildman–Crippen LogP) is 5.31. The molecular formula is C27H27ClN2O4S. The molecule has 0 aromatic heterocycles. The van der Waals surface area contributed by atoms with Crippen molar-refractivity contribution in [1.82, 2.24) is 4.90 Å². The van der Waals surface area contributed by atoms with Crippen LogP contribution in [0.3, 0.4) is 0 Å². The van der Waals surface area contributed by atoms with Gasteiger partial charge >= 0.3 is 0 Å². The molecule has 0 fully saturated rings. The maximum Gasteiger partial charge on any atom is 0.254 e. The summed E-state index contributed by atoms with van der Waals surface area (Å²) in [7, 11) is -1.57. The number of nitrogens with zero attached hydrogens (tertiary/aromatic N) is 1. The first-order valence-corrected chi connectivity index (χ1v) is 13.0. The van der Waals surface area contributed by atoms with Gasteiger partial charge in [0.2, 0.25) is 5.91 Å². The third-order valence-corrected chi connectivity index (χ3v) is 7.62. The Balaban J connectivity index is 1.62. The second-order valence-electron chi connectivity index (χ2n) is 8.00. The topological polar surface area (TPSA) is 83.6 Å². The van der Waals surface area contributed by atoms with E-state index in [-0.39, 0.29) is 34.9 Å². The van der Waals surface area contributed by atoms with Crippen LogP contribution < -0.4 is 5.32 Å². The third-order valence-electron chi connectivity index (χ3n) is 5.62. The minimum absolute atomic E-state index is 0.0243. The van der Waals surface area contributed by atoms with E-state index >= 15 is 0 Å². The summed E-state index contributed by atoms with van der Waals surface area (Å²) in [6.45, 7) is 5.44. The Bertz CT molecular complexity index is 1300.